The van der Waals surface area contributed by atoms with Gasteiger partial charge in [-0.3, -0.25) is 0 Å². The third-order valence-corrected chi connectivity index (χ3v) is 4.13. The summed E-state index contributed by atoms with van der Waals surface area (Å²) in [4.78, 5) is 0. The summed E-state index contributed by atoms with van der Waals surface area (Å²) >= 11 is 0. The van der Waals surface area contributed by atoms with Gasteiger partial charge in [-0.1, -0.05) is 30.3 Å². The first-order valence-electron chi connectivity index (χ1n) is 7.31. The summed E-state index contributed by atoms with van der Waals surface area (Å²) in [5, 5.41) is 3.64. The highest BCUT2D eigenvalue weighted by Gasteiger charge is 2.20. The summed E-state index contributed by atoms with van der Waals surface area (Å²) in [7, 11) is 3.37. The Labute approximate surface area is 138 Å². The molecule has 1 aliphatic rings. The molecule has 1 N–H and O–H groups in total. The van der Waals surface area contributed by atoms with Crippen LogP contribution in [-0.2, 0) is 19.4 Å². The second-order valence-electron chi connectivity index (χ2n) is 5.43. The molecule has 0 spiro atoms. The van der Waals surface area contributed by atoms with Crippen molar-refractivity contribution in [3.63, 3.8) is 0 Å². The molecule has 2 aromatic rings. The van der Waals surface area contributed by atoms with Gasteiger partial charge in [-0.15, -0.1) is 12.4 Å². The molecule has 0 bridgehead atoms. The SMILES string of the molecule is COc1ccc(CNC2Cc3ccccc3C2)c(OC)c1.Cl. The molecule has 0 saturated heterocycles. The predicted molar refractivity (Wildman–Crippen MR) is 91.3 cm³/mol. The zero-order chi connectivity index (χ0) is 14.7. The van der Waals surface area contributed by atoms with E-state index in [0.717, 1.165) is 36.4 Å². The lowest BCUT2D eigenvalue weighted by Gasteiger charge is -2.15. The third-order valence-electron chi connectivity index (χ3n) is 4.13. The fourth-order valence-electron chi connectivity index (χ4n) is 2.96. The average molecular weight is 320 g/mol. The normalized spacial score (nSPS) is 13.4. The van der Waals surface area contributed by atoms with Gasteiger partial charge in [0.05, 0.1) is 14.2 Å². The van der Waals surface area contributed by atoms with E-state index in [1.54, 1.807) is 14.2 Å². The lowest BCUT2D eigenvalue weighted by atomic mass is 10.1. The van der Waals surface area contributed by atoms with E-state index in [4.69, 9.17) is 9.47 Å². The van der Waals surface area contributed by atoms with Gasteiger partial charge in [-0.05, 0) is 30.0 Å². The highest BCUT2D eigenvalue weighted by Crippen LogP contribution is 2.26. The van der Waals surface area contributed by atoms with Gasteiger partial charge in [0.15, 0.2) is 0 Å². The van der Waals surface area contributed by atoms with Crippen molar-refractivity contribution in [3.05, 3.63) is 59.2 Å². The van der Waals surface area contributed by atoms with E-state index < -0.39 is 0 Å². The van der Waals surface area contributed by atoms with Gasteiger partial charge in [0.2, 0.25) is 0 Å². The zero-order valence-corrected chi connectivity index (χ0v) is 13.8. The molecular weight excluding hydrogens is 298 g/mol. The van der Waals surface area contributed by atoms with E-state index in [1.807, 2.05) is 12.1 Å². The van der Waals surface area contributed by atoms with Crippen molar-refractivity contribution in [3.8, 4) is 11.5 Å². The molecule has 3 nitrogen and oxygen atoms in total. The van der Waals surface area contributed by atoms with Gasteiger partial charge < -0.3 is 14.8 Å². The Hall–Kier alpha value is -1.71. The third kappa shape index (κ3) is 3.54. The molecule has 0 atom stereocenters. The van der Waals surface area contributed by atoms with Crippen molar-refractivity contribution in [2.24, 2.45) is 0 Å². The lowest BCUT2D eigenvalue weighted by molar-refractivity contribution is 0.388. The second-order valence-corrected chi connectivity index (χ2v) is 5.43. The van der Waals surface area contributed by atoms with E-state index in [1.165, 1.54) is 11.1 Å². The number of rotatable bonds is 5. The standard InChI is InChI=1S/C18H21NO2.ClH/c1-20-17-8-7-15(18(11-17)21-2)12-19-16-9-13-5-3-4-6-14(13)10-16;/h3-8,11,16,19H,9-10,12H2,1-2H3;1H. The van der Waals surface area contributed by atoms with Crippen molar-refractivity contribution < 1.29 is 9.47 Å². The molecule has 0 radical (unpaired) electrons. The Balaban J connectivity index is 0.00000176. The number of nitrogens with one attached hydrogen (secondary N) is 1. The summed E-state index contributed by atoms with van der Waals surface area (Å²) in [5.41, 5.74) is 4.10. The first-order valence-corrected chi connectivity index (χ1v) is 7.31. The fourth-order valence-corrected chi connectivity index (χ4v) is 2.96. The van der Waals surface area contributed by atoms with E-state index in [9.17, 15) is 0 Å². The van der Waals surface area contributed by atoms with Crippen LogP contribution < -0.4 is 14.8 Å². The summed E-state index contributed by atoms with van der Waals surface area (Å²) in [6.45, 7) is 0.811. The minimum absolute atomic E-state index is 0. The molecule has 1 aliphatic carbocycles. The molecule has 0 fully saturated rings. The maximum Gasteiger partial charge on any atom is 0.127 e. The number of ether oxygens (including phenoxy) is 2. The smallest absolute Gasteiger partial charge is 0.127 e. The molecule has 118 valence electrons. The van der Waals surface area contributed by atoms with Crippen LogP contribution in [0.15, 0.2) is 42.5 Å². The van der Waals surface area contributed by atoms with E-state index in [2.05, 4.69) is 35.6 Å². The number of fused-ring (bicyclic) bond motifs is 1. The molecule has 3 rings (SSSR count). The van der Waals surface area contributed by atoms with Crippen molar-refractivity contribution >= 4 is 12.4 Å². The number of methoxy groups -OCH3 is 2. The molecule has 22 heavy (non-hydrogen) atoms. The monoisotopic (exact) mass is 319 g/mol. The Morgan fingerprint density at radius 2 is 1.68 bits per heavy atom. The van der Waals surface area contributed by atoms with Crippen LogP contribution in [0.3, 0.4) is 0 Å². The average Bonchev–Trinajstić information content (AvgIpc) is 2.95. The number of hydrogen-bond acceptors (Lipinski definition) is 3. The molecule has 0 heterocycles. The molecule has 0 aliphatic heterocycles. The van der Waals surface area contributed by atoms with Gasteiger partial charge in [-0.25, -0.2) is 0 Å². The van der Waals surface area contributed by atoms with Crippen LogP contribution in [0.25, 0.3) is 0 Å². The highest BCUT2D eigenvalue weighted by molar-refractivity contribution is 5.85. The van der Waals surface area contributed by atoms with Crippen molar-refractivity contribution in [1.82, 2.24) is 5.32 Å². The Morgan fingerprint density at radius 3 is 2.27 bits per heavy atom. The van der Waals surface area contributed by atoms with Crippen LogP contribution in [0.4, 0.5) is 0 Å². The number of halogens is 1. The van der Waals surface area contributed by atoms with Gasteiger partial charge in [0.1, 0.15) is 11.5 Å². The van der Waals surface area contributed by atoms with Crippen molar-refractivity contribution in [1.29, 1.82) is 0 Å². The fraction of sp³-hybridized carbons (Fsp3) is 0.333. The van der Waals surface area contributed by atoms with E-state index in [-0.39, 0.29) is 12.4 Å². The molecular formula is C18H22ClNO2. The van der Waals surface area contributed by atoms with Gasteiger partial charge in [-0.2, -0.15) is 0 Å². The molecule has 0 aromatic heterocycles. The highest BCUT2D eigenvalue weighted by atomic mass is 35.5. The Bertz CT molecular complexity index is 605. The van der Waals surface area contributed by atoms with Crippen LogP contribution in [0, 0.1) is 0 Å². The summed E-state index contributed by atoms with van der Waals surface area (Å²) in [6.07, 6.45) is 2.21. The molecule has 0 amide bonds. The number of hydrogen-bond donors (Lipinski definition) is 1. The second kappa shape index (κ2) is 7.52. The van der Waals surface area contributed by atoms with E-state index in [0.29, 0.717) is 6.04 Å². The first-order chi connectivity index (χ1) is 10.3. The van der Waals surface area contributed by atoms with Crippen LogP contribution in [0.1, 0.15) is 16.7 Å². The Morgan fingerprint density at radius 1 is 1.00 bits per heavy atom. The topological polar surface area (TPSA) is 30.5 Å². The predicted octanol–water partition coefficient (Wildman–Crippen LogP) is 3.38. The largest absolute Gasteiger partial charge is 0.497 e. The Kier molecular flexibility index (Phi) is 5.69. The molecule has 0 unspecified atom stereocenters. The van der Waals surface area contributed by atoms with Gasteiger partial charge >= 0.3 is 0 Å². The number of benzene rings is 2. The summed E-state index contributed by atoms with van der Waals surface area (Å²) in [5.74, 6) is 1.70. The van der Waals surface area contributed by atoms with Crippen LogP contribution in [0.5, 0.6) is 11.5 Å². The molecule has 2 aromatic carbocycles. The maximum atomic E-state index is 5.44. The van der Waals surface area contributed by atoms with Crippen molar-refractivity contribution in [2.75, 3.05) is 14.2 Å². The minimum atomic E-state index is 0. The maximum absolute atomic E-state index is 5.44. The first kappa shape index (κ1) is 16.7. The minimum Gasteiger partial charge on any atom is -0.497 e. The van der Waals surface area contributed by atoms with Crippen LogP contribution in [0.2, 0.25) is 0 Å². The molecule has 0 saturated carbocycles. The summed E-state index contributed by atoms with van der Waals surface area (Å²) in [6, 6.07) is 15.2. The lowest BCUT2D eigenvalue weighted by Crippen LogP contribution is -2.29. The van der Waals surface area contributed by atoms with Gasteiger partial charge in [0.25, 0.3) is 0 Å². The quantitative estimate of drug-likeness (QED) is 0.916. The zero-order valence-electron chi connectivity index (χ0n) is 13.0. The molecule has 4 heteroatoms. The van der Waals surface area contributed by atoms with Crippen molar-refractivity contribution in [2.45, 2.75) is 25.4 Å². The summed E-state index contributed by atoms with van der Waals surface area (Å²) < 4.78 is 10.7. The van der Waals surface area contributed by atoms with Gasteiger partial charge in [0, 0.05) is 24.2 Å². The van der Waals surface area contributed by atoms with Crippen LogP contribution in [-0.4, -0.2) is 20.3 Å². The van der Waals surface area contributed by atoms with Crippen LogP contribution >= 0.6 is 12.4 Å². The van der Waals surface area contributed by atoms with E-state index >= 15 is 0 Å².